The lowest BCUT2D eigenvalue weighted by molar-refractivity contribution is 0.330. The maximum absolute atomic E-state index is 11.3. The van der Waals surface area contributed by atoms with Gasteiger partial charge in [0.25, 0.3) is 10.2 Å². The van der Waals surface area contributed by atoms with Crippen LogP contribution in [0.2, 0.25) is 0 Å². The average Bonchev–Trinajstić information content (AvgIpc) is 2.86. The highest BCUT2D eigenvalue weighted by molar-refractivity contribution is 7.86. The zero-order valence-corrected chi connectivity index (χ0v) is 13.2. The first kappa shape index (κ1) is 14.6. The lowest BCUT2D eigenvalue weighted by Crippen LogP contribution is -2.45. The number of piperidine rings is 1. The fourth-order valence-corrected chi connectivity index (χ4v) is 4.05. The molecule has 21 heavy (non-hydrogen) atoms. The molecule has 1 aliphatic rings. The summed E-state index contributed by atoms with van der Waals surface area (Å²) in [6.45, 7) is 2.74. The van der Waals surface area contributed by atoms with Crippen molar-refractivity contribution in [3.63, 3.8) is 0 Å². The standard InChI is InChI=1S/C12H17N5O2S2/c1-8-14-11(10-4-7-20-12(10)15-8)16-9-2-5-17(6-3-9)21(13,18)19/h4,7,9H,2-3,5-6H2,1H3,(H2,13,18,19)(H,14,15,16). The molecule has 2 aromatic heterocycles. The third kappa shape index (κ3) is 3.15. The van der Waals surface area contributed by atoms with Crippen molar-refractivity contribution in [3.8, 4) is 0 Å². The quantitative estimate of drug-likeness (QED) is 0.878. The first-order chi connectivity index (χ1) is 9.93. The van der Waals surface area contributed by atoms with Crippen LogP contribution in [0.4, 0.5) is 5.82 Å². The van der Waals surface area contributed by atoms with Gasteiger partial charge in [0.15, 0.2) is 0 Å². The van der Waals surface area contributed by atoms with Gasteiger partial charge in [-0.15, -0.1) is 11.3 Å². The minimum absolute atomic E-state index is 0.195. The van der Waals surface area contributed by atoms with Gasteiger partial charge in [-0.3, -0.25) is 0 Å². The summed E-state index contributed by atoms with van der Waals surface area (Å²) in [5.41, 5.74) is 0. The van der Waals surface area contributed by atoms with E-state index in [2.05, 4.69) is 15.3 Å². The van der Waals surface area contributed by atoms with Crippen LogP contribution in [0.1, 0.15) is 18.7 Å². The molecule has 0 unspecified atom stereocenters. The Morgan fingerprint density at radius 2 is 2.10 bits per heavy atom. The monoisotopic (exact) mass is 327 g/mol. The summed E-state index contributed by atoms with van der Waals surface area (Å²) in [4.78, 5) is 9.83. The van der Waals surface area contributed by atoms with Gasteiger partial charge in [-0.1, -0.05) is 0 Å². The van der Waals surface area contributed by atoms with Crippen LogP contribution in [-0.2, 0) is 10.2 Å². The van der Waals surface area contributed by atoms with Crippen LogP contribution in [0.25, 0.3) is 10.2 Å². The molecular weight excluding hydrogens is 310 g/mol. The summed E-state index contributed by atoms with van der Waals surface area (Å²) in [7, 11) is -3.57. The number of hydrogen-bond donors (Lipinski definition) is 2. The number of aromatic nitrogens is 2. The Morgan fingerprint density at radius 1 is 1.38 bits per heavy atom. The number of anilines is 1. The van der Waals surface area contributed by atoms with Crippen molar-refractivity contribution in [2.75, 3.05) is 18.4 Å². The van der Waals surface area contributed by atoms with Crippen LogP contribution in [0.5, 0.6) is 0 Å². The van der Waals surface area contributed by atoms with Gasteiger partial charge in [0.05, 0.1) is 5.39 Å². The Kier molecular flexibility index (Phi) is 3.82. The maximum Gasteiger partial charge on any atom is 0.276 e. The Balaban J connectivity index is 1.74. The fraction of sp³-hybridized carbons (Fsp3) is 0.500. The molecule has 1 fully saturated rings. The molecule has 7 nitrogen and oxygen atoms in total. The lowest BCUT2D eigenvalue weighted by Gasteiger charge is -2.30. The van der Waals surface area contributed by atoms with E-state index in [1.807, 2.05) is 18.4 Å². The molecule has 1 aliphatic heterocycles. The Bertz CT molecular complexity index is 750. The van der Waals surface area contributed by atoms with E-state index in [9.17, 15) is 8.42 Å². The predicted molar refractivity (Wildman–Crippen MR) is 83.5 cm³/mol. The number of nitrogens with zero attached hydrogens (tertiary/aromatic N) is 3. The van der Waals surface area contributed by atoms with E-state index >= 15 is 0 Å². The highest BCUT2D eigenvalue weighted by Gasteiger charge is 2.25. The first-order valence-corrected chi connectivity index (χ1v) is 9.08. The fourth-order valence-electron chi connectivity index (χ4n) is 2.52. The van der Waals surface area contributed by atoms with Gasteiger partial charge in [-0.05, 0) is 31.2 Å². The van der Waals surface area contributed by atoms with Gasteiger partial charge in [-0.25, -0.2) is 15.1 Å². The number of rotatable bonds is 3. The number of fused-ring (bicyclic) bond motifs is 1. The third-order valence-corrected chi connectivity index (χ3v) is 5.48. The Morgan fingerprint density at radius 3 is 2.76 bits per heavy atom. The number of thiophene rings is 1. The summed E-state index contributed by atoms with van der Waals surface area (Å²) >= 11 is 1.59. The molecule has 0 saturated carbocycles. The summed E-state index contributed by atoms with van der Waals surface area (Å²) < 4.78 is 23.9. The largest absolute Gasteiger partial charge is 0.367 e. The number of nitrogens with one attached hydrogen (secondary N) is 1. The van der Waals surface area contributed by atoms with E-state index in [0.717, 1.165) is 21.9 Å². The molecule has 114 valence electrons. The van der Waals surface area contributed by atoms with E-state index in [1.54, 1.807) is 11.3 Å². The third-order valence-electron chi connectivity index (χ3n) is 3.59. The summed E-state index contributed by atoms with van der Waals surface area (Å²) in [5.74, 6) is 1.56. The average molecular weight is 327 g/mol. The van der Waals surface area contributed by atoms with Crippen molar-refractivity contribution in [1.82, 2.24) is 14.3 Å². The molecule has 0 bridgehead atoms. The summed E-state index contributed by atoms with van der Waals surface area (Å²) in [6, 6.07) is 2.20. The summed E-state index contributed by atoms with van der Waals surface area (Å²) in [5, 5.41) is 11.6. The molecule has 0 spiro atoms. The summed E-state index contributed by atoms with van der Waals surface area (Å²) in [6.07, 6.45) is 1.43. The molecule has 0 amide bonds. The van der Waals surface area contributed by atoms with Crippen LogP contribution >= 0.6 is 11.3 Å². The number of aryl methyl sites for hydroxylation is 1. The van der Waals surface area contributed by atoms with Crippen molar-refractivity contribution < 1.29 is 8.42 Å². The molecule has 9 heteroatoms. The molecule has 3 rings (SSSR count). The molecule has 3 N–H and O–H groups in total. The first-order valence-electron chi connectivity index (χ1n) is 6.70. The Hall–Kier alpha value is -1.29. The normalized spacial score (nSPS) is 18.2. The molecule has 3 heterocycles. The van der Waals surface area contributed by atoms with Gasteiger partial charge in [0.1, 0.15) is 16.5 Å². The number of nitrogens with two attached hydrogens (primary N) is 1. The van der Waals surface area contributed by atoms with Crippen LogP contribution in [0, 0.1) is 6.92 Å². The lowest BCUT2D eigenvalue weighted by atomic mass is 10.1. The molecule has 2 aromatic rings. The van der Waals surface area contributed by atoms with Gasteiger partial charge in [0, 0.05) is 19.1 Å². The van der Waals surface area contributed by atoms with Crippen LogP contribution < -0.4 is 10.5 Å². The van der Waals surface area contributed by atoms with Crippen LogP contribution in [0.15, 0.2) is 11.4 Å². The van der Waals surface area contributed by atoms with Gasteiger partial charge < -0.3 is 5.32 Å². The van der Waals surface area contributed by atoms with E-state index in [0.29, 0.717) is 25.9 Å². The van der Waals surface area contributed by atoms with Crippen molar-refractivity contribution >= 4 is 37.6 Å². The molecule has 0 radical (unpaired) electrons. The number of hydrogen-bond acceptors (Lipinski definition) is 6. The topological polar surface area (TPSA) is 101 Å². The van der Waals surface area contributed by atoms with E-state index in [4.69, 9.17) is 5.14 Å². The van der Waals surface area contributed by atoms with Crippen molar-refractivity contribution in [2.24, 2.45) is 5.14 Å². The highest BCUT2D eigenvalue weighted by atomic mass is 32.2. The second kappa shape index (κ2) is 5.48. The SMILES string of the molecule is Cc1nc(NC2CCN(S(N)(=O)=O)CC2)c2ccsc2n1. The minimum atomic E-state index is -3.57. The highest BCUT2D eigenvalue weighted by Crippen LogP contribution is 2.26. The predicted octanol–water partition coefficient (Wildman–Crippen LogP) is 1.08. The van der Waals surface area contributed by atoms with E-state index in [1.165, 1.54) is 4.31 Å². The smallest absolute Gasteiger partial charge is 0.276 e. The molecule has 1 saturated heterocycles. The molecule has 0 aliphatic carbocycles. The van der Waals surface area contributed by atoms with Gasteiger partial charge in [-0.2, -0.15) is 12.7 Å². The minimum Gasteiger partial charge on any atom is -0.367 e. The zero-order valence-electron chi connectivity index (χ0n) is 11.6. The van der Waals surface area contributed by atoms with Gasteiger partial charge >= 0.3 is 0 Å². The zero-order chi connectivity index (χ0) is 15.0. The Labute approximate surface area is 127 Å². The van der Waals surface area contributed by atoms with E-state index < -0.39 is 10.2 Å². The van der Waals surface area contributed by atoms with Crippen molar-refractivity contribution in [1.29, 1.82) is 0 Å². The molecular formula is C12H17N5O2S2. The van der Waals surface area contributed by atoms with Crippen LogP contribution in [-0.4, -0.2) is 41.8 Å². The molecule has 0 atom stereocenters. The van der Waals surface area contributed by atoms with Crippen molar-refractivity contribution in [2.45, 2.75) is 25.8 Å². The van der Waals surface area contributed by atoms with Crippen molar-refractivity contribution in [3.05, 3.63) is 17.3 Å². The van der Waals surface area contributed by atoms with E-state index in [-0.39, 0.29) is 6.04 Å². The second-order valence-electron chi connectivity index (χ2n) is 5.12. The molecule has 0 aromatic carbocycles. The van der Waals surface area contributed by atoms with Gasteiger partial charge in [0.2, 0.25) is 0 Å². The van der Waals surface area contributed by atoms with Crippen LogP contribution in [0.3, 0.4) is 0 Å². The second-order valence-corrected chi connectivity index (χ2v) is 7.56. The maximum atomic E-state index is 11.3.